The molecule has 0 spiro atoms. The van der Waals surface area contributed by atoms with Crippen molar-refractivity contribution in [2.45, 2.75) is 37.1 Å². The maximum atomic E-state index is 4.56. The van der Waals surface area contributed by atoms with Crippen molar-refractivity contribution < 1.29 is 0 Å². The zero-order chi connectivity index (χ0) is 13.0. The third kappa shape index (κ3) is 2.79. The van der Waals surface area contributed by atoms with Crippen LogP contribution in [0.1, 0.15) is 31.4 Å². The van der Waals surface area contributed by atoms with Gasteiger partial charge in [-0.3, -0.25) is 4.98 Å². The largest absolute Gasteiger partial charge is 0.313 e. The van der Waals surface area contributed by atoms with Crippen LogP contribution in [-0.2, 0) is 5.41 Å². The minimum atomic E-state index is -0.0847. The molecule has 1 N–H and O–H groups in total. The van der Waals surface area contributed by atoms with Crippen LogP contribution < -0.4 is 5.32 Å². The third-order valence-electron chi connectivity index (χ3n) is 4.19. The Balaban J connectivity index is 1.77. The number of nitrogens with zero attached hydrogens (tertiary/aromatic N) is 1. The van der Waals surface area contributed by atoms with Gasteiger partial charge in [0.1, 0.15) is 0 Å². The standard InChI is InChI=1S/C17H21N2/c1-5-11-17(12-6-1,16-10-4-7-13-18-16)14-19-15-8-2-3-9-15/h1,4-7,10-13,15,19H,2-3,8-9,14H2. The van der Waals surface area contributed by atoms with Crippen molar-refractivity contribution in [1.29, 1.82) is 0 Å². The smallest absolute Gasteiger partial charge is 0.0522 e. The van der Waals surface area contributed by atoms with E-state index in [1.165, 1.54) is 25.7 Å². The Morgan fingerprint density at radius 2 is 2.05 bits per heavy atom. The summed E-state index contributed by atoms with van der Waals surface area (Å²) in [6.07, 6.45) is 18.1. The molecule has 0 amide bonds. The molecule has 1 unspecified atom stereocenters. The molecule has 2 aliphatic rings. The van der Waals surface area contributed by atoms with Crippen LogP contribution in [0.15, 0.2) is 48.7 Å². The van der Waals surface area contributed by atoms with Crippen molar-refractivity contribution in [2.75, 3.05) is 6.54 Å². The summed E-state index contributed by atoms with van der Waals surface area (Å²) in [6.45, 7) is 0.940. The number of nitrogens with one attached hydrogen (secondary N) is 1. The predicted molar refractivity (Wildman–Crippen MR) is 78.8 cm³/mol. The van der Waals surface area contributed by atoms with Gasteiger partial charge in [0, 0.05) is 25.2 Å². The third-order valence-corrected chi connectivity index (χ3v) is 4.19. The topological polar surface area (TPSA) is 24.9 Å². The molecule has 1 fully saturated rings. The molecule has 1 heterocycles. The van der Waals surface area contributed by atoms with Gasteiger partial charge < -0.3 is 5.32 Å². The Hall–Kier alpha value is -1.41. The average molecular weight is 253 g/mol. The summed E-state index contributed by atoms with van der Waals surface area (Å²) in [5.74, 6) is 0. The normalized spacial score (nSPS) is 26.9. The summed E-state index contributed by atoms with van der Waals surface area (Å²) in [6, 6.07) is 6.85. The number of hydrogen-bond donors (Lipinski definition) is 1. The molecule has 0 bridgehead atoms. The fraction of sp³-hybridized carbons (Fsp3) is 0.412. The van der Waals surface area contributed by atoms with Gasteiger partial charge >= 0.3 is 0 Å². The molecule has 1 saturated carbocycles. The predicted octanol–water partition coefficient (Wildman–Crippen LogP) is 3.18. The number of aromatic nitrogens is 1. The van der Waals surface area contributed by atoms with Gasteiger partial charge in [-0.1, -0.05) is 43.2 Å². The van der Waals surface area contributed by atoms with Gasteiger partial charge in [0.05, 0.1) is 11.1 Å². The minimum absolute atomic E-state index is 0.0847. The quantitative estimate of drug-likeness (QED) is 0.891. The molecular weight excluding hydrogens is 232 g/mol. The molecule has 1 atom stereocenters. The molecule has 2 aliphatic carbocycles. The second-order valence-electron chi connectivity index (χ2n) is 5.53. The number of hydrogen-bond acceptors (Lipinski definition) is 2. The highest BCUT2D eigenvalue weighted by Gasteiger charge is 2.32. The summed E-state index contributed by atoms with van der Waals surface area (Å²) in [5.41, 5.74) is 1.04. The minimum Gasteiger partial charge on any atom is -0.313 e. The lowest BCUT2D eigenvalue weighted by Crippen LogP contribution is -2.41. The van der Waals surface area contributed by atoms with Crippen LogP contribution in [0, 0.1) is 6.42 Å². The molecule has 99 valence electrons. The lowest BCUT2D eigenvalue weighted by molar-refractivity contribution is 0.457. The first kappa shape index (κ1) is 12.6. The van der Waals surface area contributed by atoms with Crippen LogP contribution >= 0.6 is 0 Å². The Labute approximate surface area is 115 Å². The maximum Gasteiger partial charge on any atom is 0.0522 e. The van der Waals surface area contributed by atoms with E-state index < -0.39 is 0 Å². The fourth-order valence-electron chi connectivity index (χ4n) is 3.03. The van der Waals surface area contributed by atoms with Gasteiger partial charge in [0.15, 0.2) is 0 Å². The highest BCUT2D eigenvalue weighted by Crippen LogP contribution is 2.30. The molecule has 1 aromatic rings. The van der Waals surface area contributed by atoms with Crippen molar-refractivity contribution in [3.05, 3.63) is 60.8 Å². The Morgan fingerprint density at radius 3 is 2.74 bits per heavy atom. The van der Waals surface area contributed by atoms with E-state index in [0.717, 1.165) is 12.2 Å². The van der Waals surface area contributed by atoms with E-state index >= 15 is 0 Å². The van der Waals surface area contributed by atoms with Crippen LogP contribution in [0.2, 0.25) is 0 Å². The van der Waals surface area contributed by atoms with Crippen LogP contribution in [0.4, 0.5) is 0 Å². The number of rotatable bonds is 4. The van der Waals surface area contributed by atoms with E-state index in [4.69, 9.17) is 0 Å². The van der Waals surface area contributed by atoms with Crippen LogP contribution in [0.5, 0.6) is 0 Å². The van der Waals surface area contributed by atoms with E-state index in [9.17, 15) is 0 Å². The van der Waals surface area contributed by atoms with E-state index in [-0.39, 0.29) is 5.41 Å². The number of pyridine rings is 1. The molecule has 0 saturated heterocycles. The summed E-state index contributed by atoms with van der Waals surface area (Å²) in [7, 11) is 0. The van der Waals surface area contributed by atoms with Gasteiger partial charge in [-0.15, -0.1) is 0 Å². The van der Waals surface area contributed by atoms with Crippen LogP contribution in [0.25, 0.3) is 0 Å². The second kappa shape index (κ2) is 5.70. The summed E-state index contributed by atoms with van der Waals surface area (Å²) in [4.78, 5) is 4.56. The Bertz CT molecular complexity index is 457. The van der Waals surface area contributed by atoms with E-state index in [0.29, 0.717) is 6.04 Å². The molecule has 19 heavy (non-hydrogen) atoms. The summed E-state index contributed by atoms with van der Waals surface area (Å²) >= 11 is 0. The molecule has 3 rings (SSSR count). The molecule has 1 aromatic heterocycles. The summed E-state index contributed by atoms with van der Waals surface area (Å²) < 4.78 is 0. The van der Waals surface area contributed by atoms with Crippen molar-refractivity contribution in [3.63, 3.8) is 0 Å². The lowest BCUT2D eigenvalue weighted by atomic mass is 9.78. The van der Waals surface area contributed by atoms with Gasteiger partial charge in [0.25, 0.3) is 0 Å². The van der Waals surface area contributed by atoms with Gasteiger partial charge in [0.2, 0.25) is 0 Å². The van der Waals surface area contributed by atoms with Gasteiger partial charge in [-0.2, -0.15) is 0 Å². The summed E-state index contributed by atoms with van der Waals surface area (Å²) in [5, 5.41) is 3.73. The van der Waals surface area contributed by atoms with Crippen LogP contribution in [0.3, 0.4) is 0 Å². The van der Waals surface area contributed by atoms with Gasteiger partial charge in [-0.05, 0) is 25.0 Å². The van der Waals surface area contributed by atoms with E-state index in [1.807, 2.05) is 12.3 Å². The molecule has 2 nitrogen and oxygen atoms in total. The van der Waals surface area contributed by atoms with Crippen molar-refractivity contribution in [2.24, 2.45) is 0 Å². The Kier molecular flexibility index (Phi) is 3.79. The molecule has 2 heteroatoms. The highest BCUT2D eigenvalue weighted by atomic mass is 14.9. The zero-order valence-corrected chi connectivity index (χ0v) is 11.3. The first-order valence-corrected chi connectivity index (χ1v) is 7.24. The van der Waals surface area contributed by atoms with Gasteiger partial charge in [-0.25, -0.2) is 0 Å². The average Bonchev–Trinajstić information content (AvgIpc) is 3.01. The Morgan fingerprint density at radius 1 is 1.16 bits per heavy atom. The zero-order valence-electron chi connectivity index (χ0n) is 11.3. The molecule has 0 aromatic carbocycles. The van der Waals surface area contributed by atoms with Crippen molar-refractivity contribution in [3.8, 4) is 0 Å². The second-order valence-corrected chi connectivity index (χ2v) is 5.53. The van der Waals surface area contributed by atoms with E-state index in [2.05, 4.69) is 53.2 Å². The lowest BCUT2D eigenvalue weighted by Gasteiger charge is -2.32. The molecular formula is C17H21N2. The van der Waals surface area contributed by atoms with Crippen LogP contribution in [-0.4, -0.2) is 17.6 Å². The highest BCUT2D eigenvalue weighted by molar-refractivity contribution is 5.38. The van der Waals surface area contributed by atoms with Crippen molar-refractivity contribution in [1.82, 2.24) is 10.3 Å². The van der Waals surface area contributed by atoms with Crippen molar-refractivity contribution >= 4 is 0 Å². The SMILES string of the molecule is [CH]1C=CC=CC1(CNC1CCCC1)c1ccccn1. The number of allylic oxidation sites excluding steroid dienone is 3. The fourth-order valence-corrected chi connectivity index (χ4v) is 3.03. The monoisotopic (exact) mass is 253 g/mol. The molecule has 1 radical (unpaired) electrons. The maximum absolute atomic E-state index is 4.56. The first-order chi connectivity index (χ1) is 9.39. The first-order valence-electron chi connectivity index (χ1n) is 7.24. The van der Waals surface area contributed by atoms with E-state index in [1.54, 1.807) is 0 Å². The molecule has 0 aliphatic heterocycles.